The minimum Gasteiger partial charge on any atom is -0.465 e. The molecule has 0 radical (unpaired) electrons. The average molecular weight is 501 g/mol. The van der Waals surface area contributed by atoms with Gasteiger partial charge in [-0.2, -0.15) is 4.99 Å². The average Bonchev–Trinajstić information content (AvgIpc) is 3.14. The molecule has 0 bridgehead atoms. The van der Waals surface area contributed by atoms with E-state index in [1.165, 1.54) is 11.3 Å². The number of hydrogen-bond acceptors (Lipinski definition) is 5. The van der Waals surface area contributed by atoms with Crippen molar-refractivity contribution in [3.8, 4) is 11.5 Å². The van der Waals surface area contributed by atoms with Crippen molar-refractivity contribution < 1.29 is 19.1 Å². The topological polar surface area (TPSA) is 69.9 Å². The summed E-state index contributed by atoms with van der Waals surface area (Å²) < 4.78 is 13.2. The molecule has 4 rings (SSSR count). The highest BCUT2D eigenvalue weighted by molar-refractivity contribution is 7.16. The highest BCUT2D eigenvalue weighted by atomic mass is 35.5. The van der Waals surface area contributed by atoms with E-state index in [0.717, 1.165) is 4.70 Å². The predicted octanol–water partition coefficient (Wildman–Crippen LogP) is 6.11. The van der Waals surface area contributed by atoms with Crippen LogP contribution in [0.3, 0.4) is 0 Å². The normalized spacial score (nSPS) is 11.5. The number of aromatic nitrogens is 1. The van der Waals surface area contributed by atoms with Gasteiger partial charge in [0, 0.05) is 5.56 Å². The van der Waals surface area contributed by atoms with E-state index >= 15 is 0 Å². The van der Waals surface area contributed by atoms with Crippen LogP contribution in [-0.2, 0) is 16.1 Å². The van der Waals surface area contributed by atoms with Crippen LogP contribution >= 0.6 is 34.5 Å². The lowest BCUT2D eigenvalue weighted by molar-refractivity contribution is -0.143. The van der Waals surface area contributed by atoms with Gasteiger partial charge in [-0.15, -0.1) is 0 Å². The molecule has 1 aromatic heterocycles. The van der Waals surface area contributed by atoms with Gasteiger partial charge in [0.25, 0.3) is 5.91 Å². The summed E-state index contributed by atoms with van der Waals surface area (Å²) in [6.45, 7) is 1.80. The first-order valence-corrected chi connectivity index (χ1v) is 11.6. The van der Waals surface area contributed by atoms with E-state index in [1.807, 2.05) is 30.3 Å². The minimum atomic E-state index is -0.486. The van der Waals surface area contributed by atoms with Crippen LogP contribution in [0.5, 0.6) is 11.5 Å². The smallest absolute Gasteiger partial charge is 0.326 e. The van der Waals surface area contributed by atoms with Gasteiger partial charge in [-0.25, -0.2) is 0 Å². The van der Waals surface area contributed by atoms with Gasteiger partial charge < -0.3 is 14.0 Å². The van der Waals surface area contributed by atoms with Crippen molar-refractivity contribution in [2.45, 2.75) is 13.5 Å². The van der Waals surface area contributed by atoms with Crippen LogP contribution in [0.1, 0.15) is 17.3 Å². The third kappa shape index (κ3) is 5.27. The zero-order chi connectivity index (χ0) is 23.4. The molecule has 0 aliphatic heterocycles. The zero-order valence-corrected chi connectivity index (χ0v) is 19.8. The lowest BCUT2D eigenvalue weighted by Gasteiger charge is -2.07. The number of carbonyl (C=O) groups excluding carboxylic acids is 2. The van der Waals surface area contributed by atoms with Crippen molar-refractivity contribution in [1.29, 1.82) is 0 Å². The second-order valence-electron chi connectivity index (χ2n) is 6.84. The van der Waals surface area contributed by atoms with Crippen molar-refractivity contribution in [2.75, 3.05) is 6.61 Å². The molecule has 6 nitrogen and oxygen atoms in total. The number of rotatable bonds is 6. The monoisotopic (exact) mass is 500 g/mol. The number of amides is 1. The molecular formula is C24H18Cl2N2O4S. The quantitative estimate of drug-likeness (QED) is 0.299. The third-order valence-electron chi connectivity index (χ3n) is 4.58. The Bertz CT molecular complexity index is 1400. The standard InChI is InChI=1S/C24H18Cl2N2O4S/c1-2-31-20(29)14-28-22-19(12-11-18(25)21(22)26)33-24(28)27-23(30)15-7-6-10-17(13-15)32-16-8-4-3-5-9-16/h3-13H,2,14H2,1H3. The summed E-state index contributed by atoms with van der Waals surface area (Å²) in [6.07, 6.45) is 0. The van der Waals surface area contributed by atoms with Crippen LogP contribution in [-0.4, -0.2) is 23.1 Å². The van der Waals surface area contributed by atoms with Crippen molar-refractivity contribution in [1.82, 2.24) is 4.57 Å². The maximum atomic E-state index is 13.0. The largest absolute Gasteiger partial charge is 0.465 e. The third-order valence-corrected chi connectivity index (χ3v) is 6.42. The first kappa shape index (κ1) is 23.0. The second-order valence-corrected chi connectivity index (χ2v) is 8.64. The first-order chi connectivity index (χ1) is 16.0. The number of nitrogens with zero attached hydrogens (tertiary/aromatic N) is 2. The van der Waals surface area contributed by atoms with E-state index in [0.29, 0.717) is 32.4 Å². The Morgan fingerprint density at radius 3 is 2.52 bits per heavy atom. The van der Waals surface area contributed by atoms with Gasteiger partial charge in [-0.05, 0) is 49.4 Å². The molecule has 0 N–H and O–H groups in total. The van der Waals surface area contributed by atoms with Gasteiger partial charge >= 0.3 is 5.97 Å². The summed E-state index contributed by atoms with van der Waals surface area (Å²) in [4.78, 5) is 29.8. The molecule has 0 unspecified atom stereocenters. The minimum absolute atomic E-state index is 0.156. The summed E-state index contributed by atoms with van der Waals surface area (Å²) >= 11 is 13.8. The lowest BCUT2D eigenvalue weighted by Crippen LogP contribution is -2.23. The maximum Gasteiger partial charge on any atom is 0.326 e. The van der Waals surface area contributed by atoms with Gasteiger partial charge in [-0.1, -0.05) is 58.8 Å². The number of halogens is 2. The van der Waals surface area contributed by atoms with E-state index in [-0.39, 0.29) is 18.2 Å². The second kappa shape index (κ2) is 10.2. The number of carbonyl (C=O) groups is 2. The highest BCUT2D eigenvalue weighted by Gasteiger charge is 2.17. The maximum absolute atomic E-state index is 13.0. The van der Waals surface area contributed by atoms with Gasteiger partial charge in [0.15, 0.2) is 4.80 Å². The Morgan fingerprint density at radius 2 is 1.76 bits per heavy atom. The van der Waals surface area contributed by atoms with Crippen LogP contribution in [0.2, 0.25) is 10.0 Å². The summed E-state index contributed by atoms with van der Waals surface area (Å²) in [7, 11) is 0. The Labute approximate surface area is 203 Å². The van der Waals surface area contributed by atoms with E-state index in [4.69, 9.17) is 32.7 Å². The molecule has 4 aromatic rings. The fourth-order valence-electron chi connectivity index (χ4n) is 3.14. The van der Waals surface area contributed by atoms with Crippen molar-refractivity contribution >= 4 is 56.6 Å². The van der Waals surface area contributed by atoms with Crippen molar-refractivity contribution in [3.05, 3.63) is 87.1 Å². The molecule has 3 aromatic carbocycles. The van der Waals surface area contributed by atoms with E-state index in [2.05, 4.69) is 4.99 Å². The Hall–Kier alpha value is -3.13. The Kier molecular flexibility index (Phi) is 7.13. The molecule has 33 heavy (non-hydrogen) atoms. The van der Waals surface area contributed by atoms with Crippen LogP contribution in [0.15, 0.2) is 71.7 Å². The van der Waals surface area contributed by atoms with Gasteiger partial charge in [0.05, 0.1) is 26.9 Å². The number of hydrogen-bond donors (Lipinski definition) is 0. The van der Waals surface area contributed by atoms with Crippen LogP contribution in [0, 0.1) is 0 Å². The molecule has 0 fully saturated rings. The summed E-state index contributed by atoms with van der Waals surface area (Å²) in [5, 5.41) is 0.616. The van der Waals surface area contributed by atoms with Gasteiger partial charge in [0.2, 0.25) is 0 Å². The molecule has 0 saturated carbocycles. The number of benzene rings is 3. The molecule has 168 valence electrons. The van der Waals surface area contributed by atoms with Crippen molar-refractivity contribution in [3.63, 3.8) is 0 Å². The molecule has 0 atom stereocenters. The number of ether oxygens (including phenoxy) is 2. The molecule has 1 heterocycles. The molecule has 0 saturated heterocycles. The zero-order valence-electron chi connectivity index (χ0n) is 17.5. The van der Waals surface area contributed by atoms with Crippen LogP contribution in [0.25, 0.3) is 10.2 Å². The molecule has 0 aliphatic rings. The molecule has 9 heteroatoms. The first-order valence-electron chi connectivity index (χ1n) is 10.0. The molecule has 0 aliphatic carbocycles. The van der Waals surface area contributed by atoms with Crippen LogP contribution in [0.4, 0.5) is 0 Å². The number of fused-ring (bicyclic) bond motifs is 1. The summed E-state index contributed by atoms with van der Waals surface area (Å²) in [6, 6.07) is 19.4. The molecular weight excluding hydrogens is 483 g/mol. The van der Waals surface area contributed by atoms with E-state index in [9.17, 15) is 9.59 Å². The van der Waals surface area contributed by atoms with Gasteiger partial charge in [-0.3, -0.25) is 9.59 Å². The van der Waals surface area contributed by atoms with Crippen LogP contribution < -0.4 is 9.54 Å². The number of para-hydroxylation sites is 1. The van der Waals surface area contributed by atoms with Gasteiger partial charge in [0.1, 0.15) is 18.0 Å². The number of esters is 1. The fraction of sp³-hybridized carbons (Fsp3) is 0.125. The predicted molar refractivity (Wildman–Crippen MR) is 129 cm³/mol. The SMILES string of the molecule is CCOC(=O)Cn1c(=NC(=O)c2cccc(Oc3ccccc3)c2)sc2ccc(Cl)c(Cl)c21. The Balaban J connectivity index is 1.74. The molecule has 1 amide bonds. The summed E-state index contributed by atoms with van der Waals surface area (Å²) in [5.41, 5.74) is 0.864. The fourth-order valence-corrected chi connectivity index (χ4v) is 4.65. The number of thiazole rings is 1. The summed E-state index contributed by atoms with van der Waals surface area (Å²) in [5.74, 6) is 0.204. The van der Waals surface area contributed by atoms with E-state index in [1.54, 1.807) is 47.9 Å². The Morgan fingerprint density at radius 1 is 1.00 bits per heavy atom. The van der Waals surface area contributed by atoms with E-state index < -0.39 is 11.9 Å². The highest BCUT2D eigenvalue weighted by Crippen LogP contribution is 2.32. The lowest BCUT2D eigenvalue weighted by atomic mass is 10.2. The molecule has 0 spiro atoms. The van der Waals surface area contributed by atoms with Crippen molar-refractivity contribution in [2.24, 2.45) is 4.99 Å².